The lowest BCUT2D eigenvalue weighted by Gasteiger charge is -2.12. The van der Waals surface area contributed by atoms with Gasteiger partial charge in [0.15, 0.2) is 0 Å². The Balaban J connectivity index is 2.25. The fourth-order valence-electron chi connectivity index (χ4n) is 2.58. The Morgan fingerprint density at radius 3 is 2.67 bits per heavy atom. The van der Waals surface area contributed by atoms with Crippen LogP contribution in [0.5, 0.6) is 0 Å². The summed E-state index contributed by atoms with van der Waals surface area (Å²) in [5.41, 5.74) is 12.8. The fraction of sp³-hybridized carbons (Fsp3) is 0.235. The molecule has 1 aromatic heterocycles. The van der Waals surface area contributed by atoms with Crippen molar-refractivity contribution in [3.05, 3.63) is 57.8 Å². The highest BCUT2D eigenvalue weighted by Crippen LogP contribution is 2.26. The average Bonchev–Trinajstić information content (AvgIpc) is 2.84. The maximum Gasteiger partial charge on any atom is 0.100 e. The lowest BCUT2D eigenvalue weighted by atomic mass is 10.1. The van der Waals surface area contributed by atoms with Crippen molar-refractivity contribution >= 4 is 27.0 Å². The number of benzene rings is 2. The molecule has 108 valence electrons. The Kier molecular flexibility index (Phi) is 3.83. The van der Waals surface area contributed by atoms with Crippen LogP contribution in [-0.2, 0) is 6.42 Å². The topological polar surface area (TPSA) is 43.8 Å². The van der Waals surface area contributed by atoms with Gasteiger partial charge >= 0.3 is 0 Å². The third-order valence-corrected chi connectivity index (χ3v) is 4.38. The molecule has 1 heterocycles. The normalized spacial score (nSPS) is 11.2. The van der Waals surface area contributed by atoms with Crippen molar-refractivity contribution in [2.45, 2.75) is 20.3 Å². The van der Waals surface area contributed by atoms with Crippen molar-refractivity contribution in [3.8, 4) is 5.69 Å². The van der Waals surface area contributed by atoms with E-state index in [0.717, 1.165) is 27.6 Å². The monoisotopic (exact) mass is 343 g/mol. The summed E-state index contributed by atoms with van der Waals surface area (Å²) < 4.78 is 3.21. The van der Waals surface area contributed by atoms with Gasteiger partial charge in [0.25, 0.3) is 0 Å². The van der Waals surface area contributed by atoms with E-state index < -0.39 is 0 Å². The second kappa shape index (κ2) is 5.62. The molecule has 0 amide bonds. The van der Waals surface area contributed by atoms with Crippen LogP contribution in [0.15, 0.2) is 41.1 Å². The first-order valence-corrected chi connectivity index (χ1v) is 7.82. The molecule has 0 spiro atoms. The number of aryl methyl sites for hydroxylation is 2. The molecule has 0 aliphatic carbocycles. The Morgan fingerprint density at radius 2 is 1.90 bits per heavy atom. The molecule has 21 heavy (non-hydrogen) atoms. The van der Waals surface area contributed by atoms with Crippen molar-refractivity contribution in [2.75, 3.05) is 6.54 Å². The quantitative estimate of drug-likeness (QED) is 0.783. The van der Waals surface area contributed by atoms with Crippen LogP contribution in [0.4, 0.5) is 0 Å². The Labute approximate surface area is 132 Å². The predicted octanol–water partition coefficient (Wildman–Crippen LogP) is 3.91. The zero-order valence-electron chi connectivity index (χ0n) is 12.2. The summed E-state index contributed by atoms with van der Waals surface area (Å²) in [4.78, 5) is 4.54. The van der Waals surface area contributed by atoms with Crippen LogP contribution < -0.4 is 5.73 Å². The minimum atomic E-state index is 0.638. The highest BCUT2D eigenvalue weighted by Gasteiger charge is 2.10. The van der Waals surface area contributed by atoms with Gasteiger partial charge in [-0.2, -0.15) is 0 Å². The van der Waals surface area contributed by atoms with E-state index in [2.05, 4.69) is 69.7 Å². The largest absolute Gasteiger partial charge is 0.330 e. The molecule has 4 heteroatoms. The summed E-state index contributed by atoms with van der Waals surface area (Å²) in [5.74, 6) is 0. The molecular weight excluding hydrogens is 326 g/mol. The number of rotatable bonds is 3. The molecule has 0 radical (unpaired) electrons. The summed E-state index contributed by atoms with van der Waals surface area (Å²) >= 11 is 3.56. The Bertz CT molecular complexity index is 805. The third kappa shape index (κ3) is 2.61. The molecule has 0 saturated carbocycles. The lowest BCUT2D eigenvalue weighted by molar-refractivity contribution is 0.941. The number of fused-ring (bicyclic) bond motifs is 1. The van der Waals surface area contributed by atoms with Crippen LogP contribution in [0.3, 0.4) is 0 Å². The number of nitrogens with zero attached hydrogens (tertiary/aromatic N) is 2. The van der Waals surface area contributed by atoms with E-state index in [0.29, 0.717) is 6.54 Å². The number of imidazole rings is 1. The summed E-state index contributed by atoms with van der Waals surface area (Å²) in [7, 11) is 0. The summed E-state index contributed by atoms with van der Waals surface area (Å²) in [6, 6.07) is 10.6. The first-order chi connectivity index (χ1) is 10.1. The van der Waals surface area contributed by atoms with Crippen molar-refractivity contribution in [3.63, 3.8) is 0 Å². The number of hydrogen-bond acceptors (Lipinski definition) is 2. The standard InChI is InChI=1S/C17H18BrN3/c1-11-7-15-17(8-12(11)2)21(10-20-15)16-9-14(18)4-3-13(16)5-6-19/h3-4,7-10H,5-6,19H2,1-2H3. The van der Waals surface area contributed by atoms with Gasteiger partial charge in [-0.1, -0.05) is 22.0 Å². The molecule has 0 bridgehead atoms. The van der Waals surface area contributed by atoms with Gasteiger partial charge in [-0.15, -0.1) is 0 Å². The number of aromatic nitrogens is 2. The summed E-state index contributed by atoms with van der Waals surface area (Å²) in [6.07, 6.45) is 2.75. The third-order valence-electron chi connectivity index (χ3n) is 3.88. The van der Waals surface area contributed by atoms with Gasteiger partial charge in [0.1, 0.15) is 6.33 Å². The van der Waals surface area contributed by atoms with Crippen molar-refractivity contribution < 1.29 is 0 Å². The highest BCUT2D eigenvalue weighted by atomic mass is 79.9. The molecular formula is C17H18BrN3. The molecule has 0 fully saturated rings. The summed E-state index contributed by atoms with van der Waals surface area (Å²) in [6.45, 7) is 4.89. The maximum absolute atomic E-state index is 5.74. The van der Waals surface area contributed by atoms with E-state index in [1.165, 1.54) is 16.7 Å². The smallest absolute Gasteiger partial charge is 0.100 e. The molecule has 0 aliphatic rings. The lowest BCUT2D eigenvalue weighted by Crippen LogP contribution is -2.06. The fourth-order valence-corrected chi connectivity index (χ4v) is 2.93. The zero-order chi connectivity index (χ0) is 15.0. The van der Waals surface area contributed by atoms with Gasteiger partial charge in [0, 0.05) is 4.47 Å². The zero-order valence-corrected chi connectivity index (χ0v) is 13.8. The molecule has 0 aliphatic heterocycles. The second-order valence-corrected chi connectivity index (χ2v) is 6.27. The van der Waals surface area contributed by atoms with E-state index in [-0.39, 0.29) is 0 Å². The Hall–Kier alpha value is -1.65. The molecule has 0 saturated heterocycles. The van der Waals surface area contributed by atoms with Gasteiger partial charge in [0.05, 0.1) is 16.7 Å². The van der Waals surface area contributed by atoms with Crippen LogP contribution >= 0.6 is 15.9 Å². The highest BCUT2D eigenvalue weighted by molar-refractivity contribution is 9.10. The van der Waals surface area contributed by atoms with Crippen LogP contribution in [-0.4, -0.2) is 16.1 Å². The molecule has 3 aromatic rings. The minimum absolute atomic E-state index is 0.638. The Morgan fingerprint density at radius 1 is 1.14 bits per heavy atom. The molecule has 2 aromatic carbocycles. The van der Waals surface area contributed by atoms with Crippen molar-refractivity contribution in [2.24, 2.45) is 5.73 Å². The van der Waals surface area contributed by atoms with Crippen LogP contribution in [0.1, 0.15) is 16.7 Å². The molecule has 0 unspecified atom stereocenters. The van der Waals surface area contributed by atoms with Gasteiger partial charge in [-0.25, -0.2) is 4.98 Å². The minimum Gasteiger partial charge on any atom is -0.330 e. The molecule has 2 N–H and O–H groups in total. The van der Waals surface area contributed by atoms with Gasteiger partial charge in [-0.3, -0.25) is 4.57 Å². The van der Waals surface area contributed by atoms with Crippen molar-refractivity contribution in [1.82, 2.24) is 9.55 Å². The number of halogens is 1. The van der Waals surface area contributed by atoms with E-state index in [4.69, 9.17) is 5.73 Å². The maximum atomic E-state index is 5.74. The summed E-state index contributed by atoms with van der Waals surface area (Å²) in [5, 5.41) is 0. The van der Waals surface area contributed by atoms with E-state index in [1.54, 1.807) is 0 Å². The SMILES string of the molecule is Cc1cc2ncn(-c3cc(Br)ccc3CCN)c2cc1C. The van der Waals surface area contributed by atoms with Crippen LogP contribution in [0.2, 0.25) is 0 Å². The number of nitrogens with two attached hydrogens (primary N) is 1. The average molecular weight is 344 g/mol. The first-order valence-electron chi connectivity index (χ1n) is 7.03. The first kappa shape index (κ1) is 14.3. The molecule has 3 rings (SSSR count). The van der Waals surface area contributed by atoms with Gasteiger partial charge in [0.2, 0.25) is 0 Å². The van der Waals surface area contributed by atoms with E-state index in [9.17, 15) is 0 Å². The molecule has 3 nitrogen and oxygen atoms in total. The van der Waals surface area contributed by atoms with Crippen LogP contribution in [0.25, 0.3) is 16.7 Å². The van der Waals surface area contributed by atoms with Gasteiger partial charge < -0.3 is 5.73 Å². The van der Waals surface area contributed by atoms with Crippen LogP contribution in [0, 0.1) is 13.8 Å². The molecule has 0 atom stereocenters. The van der Waals surface area contributed by atoms with Gasteiger partial charge in [-0.05, 0) is 67.8 Å². The predicted molar refractivity (Wildman–Crippen MR) is 91.0 cm³/mol. The second-order valence-electron chi connectivity index (χ2n) is 5.35. The van der Waals surface area contributed by atoms with E-state index >= 15 is 0 Å². The van der Waals surface area contributed by atoms with Crippen molar-refractivity contribution in [1.29, 1.82) is 0 Å². The number of hydrogen-bond donors (Lipinski definition) is 1. The van der Waals surface area contributed by atoms with E-state index in [1.807, 2.05) is 6.33 Å².